The molecule has 3 aromatic heterocycles. The number of hydrogen-bond acceptors (Lipinski definition) is 6. The Hall–Kier alpha value is -4.69. The first-order valence-electron chi connectivity index (χ1n) is 13.4. The van der Waals surface area contributed by atoms with Crippen LogP contribution in [-0.4, -0.2) is 19.1 Å². The molecule has 0 N–H and O–H groups in total. The number of hydrogen-bond donors (Lipinski definition) is 0. The van der Waals surface area contributed by atoms with Crippen LogP contribution in [0.15, 0.2) is 102 Å². The molecule has 0 aliphatic rings. The Balaban J connectivity index is 1.43. The summed E-state index contributed by atoms with van der Waals surface area (Å²) < 4.78 is 27.0. The van der Waals surface area contributed by atoms with E-state index in [0.717, 1.165) is 38.0 Å². The van der Waals surface area contributed by atoms with Gasteiger partial charge in [-0.05, 0) is 66.7 Å². The number of ether oxygens (including phenoxy) is 1. The van der Waals surface area contributed by atoms with Gasteiger partial charge < -0.3 is 4.74 Å². The van der Waals surface area contributed by atoms with Crippen molar-refractivity contribution in [3.63, 3.8) is 0 Å². The van der Waals surface area contributed by atoms with Crippen molar-refractivity contribution < 1.29 is 9.13 Å². The van der Waals surface area contributed by atoms with Crippen LogP contribution in [0, 0.1) is 12.7 Å². The molecule has 0 spiro atoms. The SMILES string of the molecule is Cc1nn(Cc2nccc3sncc23)c(=O)c(CCc2cccc(F)c2)c1-c1ccccc1OCc1ccccc1. The summed E-state index contributed by atoms with van der Waals surface area (Å²) in [5, 5.41) is 5.67. The molecule has 3 heterocycles. The van der Waals surface area contributed by atoms with E-state index in [1.54, 1.807) is 18.5 Å². The van der Waals surface area contributed by atoms with E-state index in [0.29, 0.717) is 36.5 Å². The number of aryl methyl sites for hydroxylation is 2. The maximum Gasteiger partial charge on any atom is 0.270 e. The van der Waals surface area contributed by atoms with Gasteiger partial charge in [0.25, 0.3) is 5.56 Å². The van der Waals surface area contributed by atoms with Crippen LogP contribution < -0.4 is 10.3 Å². The van der Waals surface area contributed by atoms with E-state index in [1.807, 2.05) is 73.7 Å². The van der Waals surface area contributed by atoms with E-state index in [1.165, 1.54) is 28.3 Å². The summed E-state index contributed by atoms with van der Waals surface area (Å²) in [5.74, 6) is 0.371. The molecular weight excluding hydrogens is 535 g/mol. The van der Waals surface area contributed by atoms with Crippen LogP contribution in [0.25, 0.3) is 21.2 Å². The van der Waals surface area contributed by atoms with Crippen LogP contribution in [0.1, 0.15) is 28.1 Å². The molecule has 6 aromatic rings. The number of pyridine rings is 1. The predicted molar refractivity (Wildman–Crippen MR) is 160 cm³/mol. The highest BCUT2D eigenvalue weighted by Gasteiger charge is 2.21. The summed E-state index contributed by atoms with van der Waals surface area (Å²) in [6, 6.07) is 26.1. The first kappa shape index (κ1) is 26.5. The van der Waals surface area contributed by atoms with E-state index >= 15 is 0 Å². The smallest absolute Gasteiger partial charge is 0.270 e. The Bertz CT molecular complexity index is 1880. The zero-order valence-corrected chi connectivity index (χ0v) is 23.3. The van der Waals surface area contributed by atoms with Gasteiger partial charge in [0.2, 0.25) is 0 Å². The number of rotatable bonds is 9. The summed E-state index contributed by atoms with van der Waals surface area (Å²) in [4.78, 5) is 18.6. The van der Waals surface area contributed by atoms with Gasteiger partial charge in [0.1, 0.15) is 18.2 Å². The number of para-hydroxylation sites is 1. The summed E-state index contributed by atoms with van der Waals surface area (Å²) in [7, 11) is 0. The van der Waals surface area contributed by atoms with Crippen LogP contribution in [0.2, 0.25) is 0 Å². The molecule has 41 heavy (non-hydrogen) atoms. The second-order valence-electron chi connectivity index (χ2n) is 9.80. The Morgan fingerprint density at radius 2 is 1.73 bits per heavy atom. The second-order valence-corrected chi connectivity index (χ2v) is 10.6. The molecule has 204 valence electrons. The van der Waals surface area contributed by atoms with Crippen molar-refractivity contribution in [1.82, 2.24) is 19.1 Å². The molecule has 3 aromatic carbocycles. The highest BCUT2D eigenvalue weighted by Crippen LogP contribution is 2.34. The zero-order chi connectivity index (χ0) is 28.2. The molecule has 0 saturated carbocycles. The van der Waals surface area contributed by atoms with Crippen LogP contribution in [0.4, 0.5) is 4.39 Å². The van der Waals surface area contributed by atoms with Gasteiger partial charge in [-0.1, -0.05) is 60.7 Å². The molecular formula is C33H27FN4O2S. The molecule has 0 aliphatic heterocycles. The fourth-order valence-electron chi connectivity index (χ4n) is 5.07. The maximum atomic E-state index is 14.1. The molecule has 0 aliphatic carbocycles. The van der Waals surface area contributed by atoms with Crippen LogP contribution in [0.5, 0.6) is 5.75 Å². The van der Waals surface area contributed by atoms with Crippen molar-refractivity contribution >= 4 is 21.6 Å². The Labute approximate surface area is 240 Å². The molecule has 0 saturated heterocycles. The van der Waals surface area contributed by atoms with Crippen molar-refractivity contribution in [3.8, 4) is 16.9 Å². The lowest BCUT2D eigenvalue weighted by Crippen LogP contribution is -2.29. The predicted octanol–water partition coefficient (Wildman–Crippen LogP) is 6.78. The Morgan fingerprint density at radius 1 is 0.927 bits per heavy atom. The molecule has 0 radical (unpaired) electrons. The molecule has 6 nitrogen and oxygen atoms in total. The highest BCUT2D eigenvalue weighted by molar-refractivity contribution is 7.13. The van der Waals surface area contributed by atoms with E-state index in [9.17, 15) is 9.18 Å². The van der Waals surface area contributed by atoms with Gasteiger partial charge in [0.15, 0.2) is 0 Å². The topological polar surface area (TPSA) is 69.9 Å². The van der Waals surface area contributed by atoms with Gasteiger partial charge in [-0.15, -0.1) is 0 Å². The first-order chi connectivity index (χ1) is 20.1. The monoisotopic (exact) mass is 562 g/mol. The zero-order valence-electron chi connectivity index (χ0n) is 22.5. The summed E-state index contributed by atoms with van der Waals surface area (Å²) in [6.45, 7) is 2.52. The summed E-state index contributed by atoms with van der Waals surface area (Å²) in [5.41, 5.74) is 5.24. The van der Waals surface area contributed by atoms with Gasteiger partial charge in [-0.2, -0.15) is 9.47 Å². The number of benzene rings is 3. The molecule has 6 rings (SSSR count). The van der Waals surface area contributed by atoms with Gasteiger partial charge in [0.05, 0.1) is 28.8 Å². The third-order valence-corrected chi connectivity index (χ3v) is 7.80. The summed E-state index contributed by atoms with van der Waals surface area (Å²) >= 11 is 1.39. The first-order valence-corrected chi connectivity index (χ1v) is 14.1. The summed E-state index contributed by atoms with van der Waals surface area (Å²) in [6.07, 6.45) is 4.41. The molecule has 0 bridgehead atoms. The third kappa shape index (κ3) is 5.78. The average molecular weight is 563 g/mol. The lowest BCUT2D eigenvalue weighted by Gasteiger charge is -2.18. The maximum absolute atomic E-state index is 14.1. The lowest BCUT2D eigenvalue weighted by molar-refractivity contribution is 0.307. The number of nitrogens with zero attached hydrogens (tertiary/aromatic N) is 4. The molecule has 0 fully saturated rings. The minimum absolute atomic E-state index is 0.207. The minimum atomic E-state index is -0.297. The minimum Gasteiger partial charge on any atom is -0.488 e. The van der Waals surface area contributed by atoms with Gasteiger partial charge in [-0.25, -0.2) is 9.07 Å². The van der Waals surface area contributed by atoms with Crippen molar-refractivity contribution in [2.45, 2.75) is 32.9 Å². The normalized spacial score (nSPS) is 11.2. The van der Waals surface area contributed by atoms with Gasteiger partial charge in [0, 0.05) is 28.3 Å². The number of halogens is 1. The van der Waals surface area contributed by atoms with Crippen molar-refractivity contribution in [3.05, 3.63) is 142 Å². The highest BCUT2D eigenvalue weighted by atomic mass is 32.1. The van der Waals surface area contributed by atoms with Crippen molar-refractivity contribution in [2.24, 2.45) is 0 Å². The Morgan fingerprint density at radius 3 is 2.59 bits per heavy atom. The van der Waals surface area contributed by atoms with Crippen LogP contribution in [0.3, 0.4) is 0 Å². The van der Waals surface area contributed by atoms with E-state index in [4.69, 9.17) is 9.84 Å². The van der Waals surface area contributed by atoms with E-state index in [2.05, 4.69) is 9.36 Å². The van der Waals surface area contributed by atoms with E-state index < -0.39 is 0 Å². The van der Waals surface area contributed by atoms with Crippen LogP contribution in [-0.2, 0) is 26.0 Å². The molecule has 8 heteroatoms. The Kier molecular flexibility index (Phi) is 7.65. The number of fused-ring (bicyclic) bond motifs is 1. The lowest BCUT2D eigenvalue weighted by atomic mass is 9.94. The number of aromatic nitrogens is 4. The van der Waals surface area contributed by atoms with Crippen LogP contribution >= 0.6 is 11.5 Å². The fraction of sp³-hybridized carbons (Fsp3) is 0.152. The largest absolute Gasteiger partial charge is 0.488 e. The standard InChI is InChI=1S/C33H27FN4O2S/c1-22-32(26-12-5-6-13-30(26)40-21-24-8-3-2-4-9-24)27(15-14-23-10-7-11-25(34)18-23)33(39)38(37-22)20-29-28-19-36-41-31(28)16-17-35-29/h2-13,16-19H,14-15,20-21H2,1H3. The average Bonchev–Trinajstić information content (AvgIpc) is 3.48. The second kappa shape index (κ2) is 11.8. The van der Waals surface area contributed by atoms with Crippen molar-refractivity contribution in [1.29, 1.82) is 0 Å². The third-order valence-electron chi connectivity index (χ3n) is 7.04. The fourth-order valence-corrected chi connectivity index (χ4v) is 5.73. The van der Waals surface area contributed by atoms with Gasteiger partial charge >= 0.3 is 0 Å². The quantitative estimate of drug-likeness (QED) is 0.194. The molecule has 0 amide bonds. The molecule has 0 unspecified atom stereocenters. The van der Waals surface area contributed by atoms with E-state index in [-0.39, 0.29) is 17.9 Å². The van der Waals surface area contributed by atoms with Crippen molar-refractivity contribution in [2.75, 3.05) is 0 Å². The molecule has 0 atom stereocenters. The van der Waals surface area contributed by atoms with Gasteiger partial charge in [-0.3, -0.25) is 9.78 Å².